The molecule has 1 aliphatic rings. The molecule has 1 aliphatic heterocycles. The van der Waals surface area contributed by atoms with Gasteiger partial charge in [0, 0.05) is 19.6 Å². The number of β-amino-alcohol motifs (C(OH)–C–C–N with tert-alkyl or cyclic N) is 1. The molecule has 0 bridgehead atoms. The largest absolute Gasteiger partial charge is 0.392 e. The third-order valence-electron chi connectivity index (χ3n) is 4.33. The van der Waals surface area contributed by atoms with Crippen LogP contribution in [0.2, 0.25) is 0 Å². The van der Waals surface area contributed by atoms with Crippen molar-refractivity contribution >= 4 is 6.08 Å². The fourth-order valence-electron chi connectivity index (χ4n) is 3.17. The number of hydrogen-bond donors (Lipinski definition) is 1. The van der Waals surface area contributed by atoms with Gasteiger partial charge in [0.05, 0.1) is 6.10 Å². The molecule has 1 N–H and O–H groups in total. The molecule has 1 saturated heterocycles. The van der Waals surface area contributed by atoms with Crippen molar-refractivity contribution in [1.82, 2.24) is 9.80 Å². The summed E-state index contributed by atoms with van der Waals surface area (Å²) >= 11 is 0. The molecular formula is C19H30N2O. The minimum Gasteiger partial charge on any atom is -0.392 e. The van der Waals surface area contributed by atoms with Gasteiger partial charge in [-0.1, -0.05) is 42.5 Å². The average molecular weight is 302 g/mol. The van der Waals surface area contributed by atoms with Crippen LogP contribution in [0.4, 0.5) is 0 Å². The molecule has 1 heterocycles. The molecule has 0 aromatic heterocycles. The molecule has 22 heavy (non-hydrogen) atoms. The van der Waals surface area contributed by atoms with Gasteiger partial charge in [-0.2, -0.15) is 0 Å². The number of nitrogens with zero attached hydrogens (tertiary/aromatic N) is 2. The fourth-order valence-corrected chi connectivity index (χ4v) is 3.17. The van der Waals surface area contributed by atoms with Crippen molar-refractivity contribution in [1.29, 1.82) is 0 Å². The molecule has 0 saturated carbocycles. The van der Waals surface area contributed by atoms with Crippen molar-refractivity contribution in [2.45, 2.75) is 25.9 Å². The molecule has 0 aliphatic carbocycles. The molecule has 0 spiro atoms. The summed E-state index contributed by atoms with van der Waals surface area (Å²) in [5.41, 5.74) is 1.27. The quantitative estimate of drug-likeness (QED) is 0.839. The number of piperidine rings is 1. The number of aliphatic hydroxyl groups is 1. The predicted octanol–water partition coefficient (Wildman–Crippen LogP) is 2.72. The molecular weight excluding hydrogens is 272 g/mol. The van der Waals surface area contributed by atoms with Gasteiger partial charge in [0.2, 0.25) is 0 Å². The van der Waals surface area contributed by atoms with E-state index in [2.05, 4.69) is 53.3 Å². The Balaban J connectivity index is 1.65. The summed E-state index contributed by atoms with van der Waals surface area (Å²) in [5.74, 6) is 0.792. The molecule has 1 unspecified atom stereocenters. The van der Waals surface area contributed by atoms with Crippen LogP contribution >= 0.6 is 0 Å². The van der Waals surface area contributed by atoms with Crippen LogP contribution in [0.1, 0.15) is 25.3 Å². The highest BCUT2D eigenvalue weighted by molar-refractivity contribution is 5.48. The van der Waals surface area contributed by atoms with E-state index in [-0.39, 0.29) is 6.10 Å². The van der Waals surface area contributed by atoms with Crippen molar-refractivity contribution in [2.75, 3.05) is 39.8 Å². The number of rotatable bonds is 7. The second-order valence-electron chi connectivity index (χ2n) is 6.63. The molecule has 1 atom stereocenters. The van der Waals surface area contributed by atoms with Gasteiger partial charge >= 0.3 is 0 Å². The highest BCUT2D eigenvalue weighted by atomic mass is 16.3. The number of likely N-dealkylation sites (N-methyl/N-ethyl adjacent to an activating group) is 1. The molecule has 2 rings (SSSR count). The Morgan fingerprint density at radius 3 is 2.59 bits per heavy atom. The normalized spacial score (nSPS) is 19.1. The zero-order valence-electron chi connectivity index (χ0n) is 14.0. The van der Waals surface area contributed by atoms with Gasteiger partial charge in [-0.05, 0) is 51.4 Å². The van der Waals surface area contributed by atoms with Crippen LogP contribution in [-0.2, 0) is 0 Å². The Morgan fingerprint density at radius 2 is 1.95 bits per heavy atom. The van der Waals surface area contributed by atoms with Gasteiger partial charge in [-0.25, -0.2) is 0 Å². The summed E-state index contributed by atoms with van der Waals surface area (Å²) < 4.78 is 0. The first-order valence-corrected chi connectivity index (χ1v) is 8.44. The molecule has 0 radical (unpaired) electrons. The van der Waals surface area contributed by atoms with E-state index >= 15 is 0 Å². The van der Waals surface area contributed by atoms with Crippen LogP contribution in [-0.4, -0.2) is 60.8 Å². The summed E-state index contributed by atoms with van der Waals surface area (Å²) in [6.45, 7) is 7.12. The average Bonchev–Trinajstić information content (AvgIpc) is 2.50. The molecule has 1 aromatic carbocycles. The highest BCUT2D eigenvalue weighted by Gasteiger charge is 2.20. The Kier molecular flexibility index (Phi) is 7.10. The topological polar surface area (TPSA) is 26.7 Å². The zero-order valence-corrected chi connectivity index (χ0v) is 14.0. The first kappa shape index (κ1) is 17.2. The van der Waals surface area contributed by atoms with Gasteiger partial charge in [0.15, 0.2) is 0 Å². The SMILES string of the molecule is CC(O)CN1CCC(CN(C)CC=Cc2ccccc2)CC1. The van der Waals surface area contributed by atoms with E-state index in [4.69, 9.17) is 0 Å². The molecule has 3 nitrogen and oxygen atoms in total. The van der Waals surface area contributed by atoms with Crippen LogP contribution < -0.4 is 0 Å². The molecule has 1 aromatic rings. The number of benzene rings is 1. The van der Waals surface area contributed by atoms with Crippen molar-refractivity contribution in [2.24, 2.45) is 5.92 Å². The van der Waals surface area contributed by atoms with Gasteiger partial charge in [-0.15, -0.1) is 0 Å². The second-order valence-corrected chi connectivity index (χ2v) is 6.63. The van der Waals surface area contributed by atoms with Gasteiger partial charge in [0.1, 0.15) is 0 Å². The van der Waals surface area contributed by atoms with Crippen LogP contribution in [0.25, 0.3) is 6.08 Å². The Hall–Kier alpha value is -1.16. The van der Waals surface area contributed by atoms with Crippen molar-refractivity contribution in [3.8, 4) is 0 Å². The lowest BCUT2D eigenvalue weighted by molar-refractivity contribution is 0.0936. The van der Waals surface area contributed by atoms with E-state index in [0.717, 1.165) is 32.1 Å². The highest BCUT2D eigenvalue weighted by Crippen LogP contribution is 2.18. The Morgan fingerprint density at radius 1 is 1.27 bits per heavy atom. The first-order valence-electron chi connectivity index (χ1n) is 8.44. The summed E-state index contributed by atoms with van der Waals surface area (Å²) in [5, 5.41) is 9.45. The van der Waals surface area contributed by atoms with Gasteiger partial charge in [-0.3, -0.25) is 0 Å². The number of aliphatic hydroxyl groups excluding tert-OH is 1. The number of hydrogen-bond acceptors (Lipinski definition) is 3. The summed E-state index contributed by atoms with van der Waals surface area (Å²) in [4.78, 5) is 4.80. The smallest absolute Gasteiger partial charge is 0.0639 e. The standard InChI is InChI=1S/C19H30N2O/c1-17(22)15-21-13-10-19(11-14-21)16-20(2)12-6-9-18-7-4-3-5-8-18/h3-9,17,19,22H,10-16H2,1-2H3. The van der Waals surface area contributed by atoms with Crippen LogP contribution in [0.3, 0.4) is 0 Å². The van der Waals surface area contributed by atoms with E-state index in [1.54, 1.807) is 0 Å². The lowest BCUT2D eigenvalue weighted by atomic mass is 9.96. The van der Waals surface area contributed by atoms with Crippen molar-refractivity contribution in [3.63, 3.8) is 0 Å². The van der Waals surface area contributed by atoms with Gasteiger partial charge in [0.25, 0.3) is 0 Å². The van der Waals surface area contributed by atoms with Crippen molar-refractivity contribution in [3.05, 3.63) is 42.0 Å². The lowest BCUT2D eigenvalue weighted by Gasteiger charge is -2.34. The minimum atomic E-state index is -0.206. The van der Waals surface area contributed by atoms with Crippen molar-refractivity contribution < 1.29 is 5.11 Å². The maximum atomic E-state index is 9.45. The van der Waals surface area contributed by atoms with Gasteiger partial charge < -0.3 is 14.9 Å². The third-order valence-corrected chi connectivity index (χ3v) is 4.33. The predicted molar refractivity (Wildman–Crippen MR) is 93.8 cm³/mol. The zero-order chi connectivity index (χ0) is 15.8. The minimum absolute atomic E-state index is 0.206. The summed E-state index contributed by atoms with van der Waals surface area (Å²) in [6.07, 6.45) is 6.74. The monoisotopic (exact) mass is 302 g/mol. The summed E-state index contributed by atoms with van der Waals surface area (Å²) in [7, 11) is 2.21. The first-order chi connectivity index (χ1) is 10.6. The molecule has 3 heteroatoms. The molecule has 0 amide bonds. The van der Waals surface area contributed by atoms with Crippen LogP contribution in [0, 0.1) is 5.92 Å². The van der Waals surface area contributed by atoms with E-state index < -0.39 is 0 Å². The maximum Gasteiger partial charge on any atom is 0.0639 e. The van der Waals surface area contributed by atoms with Crippen LogP contribution in [0.15, 0.2) is 36.4 Å². The Labute approximate surface area is 135 Å². The second kappa shape index (κ2) is 9.09. The van der Waals surface area contributed by atoms with E-state index in [1.807, 2.05) is 13.0 Å². The fraction of sp³-hybridized carbons (Fsp3) is 0.579. The molecule has 122 valence electrons. The van der Waals surface area contributed by atoms with E-state index in [0.29, 0.717) is 0 Å². The van der Waals surface area contributed by atoms with E-state index in [9.17, 15) is 5.11 Å². The van der Waals surface area contributed by atoms with E-state index in [1.165, 1.54) is 24.9 Å². The Bertz CT molecular complexity index is 436. The number of likely N-dealkylation sites (tertiary alicyclic amines) is 1. The third kappa shape index (κ3) is 6.30. The summed E-state index contributed by atoms with van der Waals surface area (Å²) in [6, 6.07) is 10.5. The molecule has 1 fully saturated rings. The lowest BCUT2D eigenvalue weighted by Crippen LogP contribution is -2.40. The maximum absolute atomic E-state index is 9.45. The van der Waals surface area contributed by atoms with Crippen LogP contribution in [0.5, 0.6) is 0 Å².